The van der Waals surface area contributed by atoms with Crippen LogP contribution in [-0.2, 0) is 23.0 Å². The molecule has 0 fully saturated rings. The first kappa shape index (κ1) is 23.4. The molecule has 0 spiro atoms. The Labute approximate surface area is 182 Å². The van der Waals surface area contributed by atoms with E-state index in [1.807, 2.05) is 13.8 Å². The average Bonchev–Trinajstić information content (AvgIpc) is 2.91. The average molecular weight is 438 g/mol. The maximum absolute atomic E-state index is 11.9. The molecule has 1 aliphatic heterocycles. The highest BCUT2D eigenvalue weighted by molar-refractivity contribution is 7.88. The minimum atomic E-state index is -3.32. The van der Waals surface area contributed by atoms with Gasteiger partial charge in [-0.25, -0.2) is 13.1 Å². The van der Waals surface area contributed by atoms with Gasteiger partial charge >= 0.3 is 0 Å². The number of nitrogens with zero attached hydrogens (tertiary/aromatic N) is 4. The number of hydrogen-bond acceptors (Lipinski definition) is 5. The number of nitrogens with one attached hydrogen (secondary N) is 1. The van der Waals surface area contributed by atoms with Gasteiger partial charge in [0.25, 0.3) is 0 Å². The molecule has 0 bridgehead atoms. The van der Waals surface area contributed by atoms with Crippen LogP contribution >= 0.6 is 0 Å². The van der Waals surface area contributed by atoms with Crippen molar-refractivity contribution in [3.05, 3.63) is 22.8 Å². The second-order valence-corrected chi connectivity index (χ2v) is 11.9. The van der Waals surface area contributed by atoms with Crippen molar-refractivity contribution >= 4 is 10.0 Å². The lowest BCUT2D eigenvalue weighted by Gasteiger charge is -2.35. The van der Waals surface area contributed by atoms with Crippen molar-refractivity contribution in [1.29, 1.82) is 0 Å². The van der Waals surface area contributed by atoms with Gasteiger partial charge in [0.15, 0.2) is 5.82 Å². The summed E-state index contributed by atoms with van der Waals surface area (Å²) in [7, 11) is -3.32. The number of aromatic nitrogens is 3. The summed E-state index contributed by atoms with van der Waals surface area (Å²) in [6.07, 6.45) is 7.02. The molecule has 1 atom stereocenters. The molecule has 0 saturated heterocycles. The molecule has 0 amide bonds. The van der Waals surface area contributed by atoms with E-state index in [1.54, 1.807) is 11.1 Å². The maximum atomic E-state index is 11.9. The fourth-order valence-corrected chi connectivity index (χ4v) is 5.90. The quantitative estimate of drug-likeness (QED) is 0.662. The van der Waals surface area contributed by atoms with Crippen molar-refractivity contribution in [2.75, 3.05) is 25.9 Å². The van der Waals surface area contributed by atoms with Crippen molar-refractivity contribution in [3.63, 3.8) is 0 Å². The van der Waals surface area contributed by atoms with E-state index in [-0.39, 0.29) is 12.0 Å². The van der Waals surface area contributed by atoms with Gasteiger partial charge in [-0.05, 0) is 43.9 Å². The second kappa shape index (κ2) is 9.09. The van der Waals surface area contributed by atoms with E-state index in [1.165, 1.54) is 25.5 Å². The van der Waals surface area contributed by atoms with Gasteiger partial charge in [0.2, 0.25) is 10.0 Å². The van der Waals surface area contributed by atoms with E-state index in [0.717, 1.165) is 50.7 Å². The molecule has 0 aromatic carbocycles. The van der Waals surface area contributed by atoms with Gasteiger partial charge in [0.1, 0.15) is 5.82 Å². The van der Waals surface area contributed by atoms with Crippen LogP contribution in [0.1, 0.15) is 78.0 Å². The van der Waals surface area contributed by atoms with Gasteiger partial charge < -0.3 is 9.47 Å². The zero-order chi connectivity index (χ0) is 22.1. The van der Waals surface area contributed by atoms with E-state index >= 15 is 0 Å². The molecule has 1 aliphatic carbocycles. The third-order valence-corrected chi connectivity index (χ3v) is 7.48. The first-order chi connectivity index (χ1) is 14.0. The van der Waals surface area contributed by atoms with E-state index < -0.39 is 10.0 Å². The highest BCUT2D eigenvalue weighted by atomic mass is 32.2. The standard InChI is InChI=1S/C22H39N5O2S/c1-16(2)20(25-30(6,28)29)21-24-23-19-10-13-26(14-15-27(19)21)12-9-18-17(3)8-7-11-22(18,4)5/h16,20,25H,7-15H2,1-6H3. The van der Waals surface area contributed by atoms with Gasteiger partial charge in [-0.15, -0.1) is 10.2 Å². The number of allylic oxidation sites excluding steroid dienone is 1. The topological polar surface area (TPSA) is 80.1 Å². The molecule has 1 unspecified atom stereocenters. The summed E-state index contributed by atoms with van der Waals surface area (Å²) in [6, 6.07) is -0.358. The Morgan fingerprint density at radius 2 is 1.87 bits per heavy atom. The number of rotatable bonds is 7. The van der Waals surface area contributed by atoms with Crippen molar-refractivity contribution < 1.29 is 8.42 Å². The Balaban J connectivity index is 1.69. The Kier molecular flexibility index (Phi) is 7.09. The van der Waals surface area contributed by atoms with Crippen LogP contribution in [0.15, 0.2) is 11.1 Å². The highest BCUT2D eigenvalue weighted by Crippen LogP contribution is 2.41. The molecular weight excluding hydrogens is 398 g/mol. The van der Waals surface area contributed by atoms with Gasteiger partial charge in [-0.1, -0.05) is 38.8 Å². The SMILES string of the molecule is CC1=C(CCN2CCc3nnc(C(NS(C)(=O)=O)C(C)C)n3CC2)C(C)(C)CCC1. The van der Waals surface area contributed by atoms with Crippen molar-refractivity contribution in [2.24, 2.45) is 11.3 Å². The van der Waals surface area contributed by atoms with Crippen LogP contribution in [0.4, 0.5) is 0 Å². The summed E-state index contributed by atoms with van der Waals surface area (Å²) in [5, 5.41) is 8.79. The largest absolute Gasteiger partial charge is 0.312 e. The van der Waals surface area contributed by atoms with Crippen LogP contribution < -0.4 is 4.72 Å². The smallest absolute Gasteiger partial charge is 0.209 e. The van der Waals surface area contributed by atoms with E-state index in [0.29, 0.717) is 5.41 Å². The summed E-state index contributed by atoms with van der Waals surface area (Å²) in [5.74, 6) is 1.79. The molecule has 0 saturated carbocycles. The molecule has 8 heteroatoms. The Hall–Kier alpha value is -1.25. The zero-order valence-corrected chi connectivity index (χ0v) is 20.3. The Morgan fingerprint density at radius 1 is 1.13 bits per heavy atom. The summed E-state index contributed by atoms with van der Waals surface area (Å²) in [5.41, 5.74) is 3.56. The fraction of sp³-hybridized carbons (Fsp3) is 0.818. The van der Waals surface area contributed by atoms with Crippen LogP contribution in [0.5, 0.6) is 0 Å². The van der Waals surface area contributed by atoms with Crippen LogP contribution in [0.3, 0.4) is 0 Å². The summed E-state index contributed by atoms with van der Waals surface area (Å²) in [4.78, 5) is 2.53. The molecule has 30 heavy (non-hydrogen) atoms. The molecule has 7 nitrogen and oxygen atoms in total. The third kappa shape index (κ3) is 5.51. The normalized spacial score (nSPS) is 21.6. The monoisotopic (exact) mass is 437 g/mol. The lowest BCUT2D eigenvalue weighted by atomic mass is 9.71. The first-order valence-corrected chi connectivity index (χ1v) is 13.2. The highest BCUT2D eigenvalue weighted by Gasteiger charge is 2.30. The molecule has 3 rings (SSSR count). The zero-order valence-electron chi connectivity index (χ0n) is 19.5. The van der Waals surface area contributed by atoms with E-state index in [4.69, 9.17) is 0 Å². The summed E-state index contributed by atoms with van der Waals surface area (Å²) < 4.78 is 28.6. The van der Waals surface area contributed by atoms with Crippen molar-refractivity contribution in [3.8, 4) is 0 Å². The molecule has 0 radical (unpaired) electrons. The van der Waals surface area contributed by atoms with Gasteiger partial charge in [-0.2, -0.15) is 0 Å². The minimum absolute atomic E-state index is 0.0934. The Bertz CT molecular complexity index is 885. The lowest BCUT2D eigenvalue weighted by molar-refractivity contribution is 0.264. The fourth-order valence-electron chi connectivity index (χ4n) is 5.06. The van der Waals surface area contributed by atoms with E-state index in [9.17, 15) is 8.42 Å². The minimum Gasteiger partial charge on any atom is -0.312 e. The second-order valence-electron chi connectivity index (χ2n) is 10.1. The van der Waals surface area contributed by atoms with Gasteiger partial charge in [-0.3, -0.25) is 0 Å². The van der Waals surface area contributed by atoms with E-state index in [2.05, 4.69) is 45.2 Å². The molecule has 170 valence electrons. The predicted octanol–water partition coefficient (Wildman–Crippen LogP) is 3.30. The van der Waals surface area contributed by atoms with Crippen LogP contribution in [0, 0.1) is 11.3 Å². The maximum Gasteiger partial charge on any atom is 0.209 e. The lowest BCUT2D eigenvalue weighted by Crippen LogP contribution is -2.34. The molecule has 2 heterocycles. The van der Waals surface area contributed by atoms with Crippen LogP contribution in [-0.4, -0.2) is 54.0 Å². The molecule has 1 aromatic rings. The predicted molar refractivity (Wildman–Crippen MR) is 121 cm³/mol. The summed E-state index contributed by atoms with van der Waals surface area (Å²) in [6.45, 7) is 14.9. The molecule has 1 N–H and O–H groups in total. The first-order valence-electron chi connectivity index (χ1n) is 11.3. The van der Waals surface area contributed by atoms with Gasteiger partial charge in [0.05, 0.1) is 12.3 Å². The Morgan fingerprint density at radius 3 is 2.50 bits per heavy atom. The molecular formula is C22H39N5O2S. The number of fused-ring (bicyclic) bond motifs is 1. The van der Waals surface area contributed by atoms with Crippen molar-refractivity contribution in [2.45, 2.75) is 79.3 Å². The third-order valence-electron chi connectivity index (χ3n) is 6.80. The van der Waals surface area contributed by atoms with Crippen LogP contribution in [0.25, 0.3) is 0 Å². The molecule has 1 aromatic heterocycles. The van der Waals surface area contributed by atoms with Crippen LogP contribution in [0.2, 0.25) is 0 Å². The molecule has 2 aliphatic rings. The van der Waals surface area contributed by atoms with Crippen molar-refractivity contribution in [1.82, 2.24) is 24.4 Å². The number of hydrogen-bond donors (Lipinski definition) is 1. The summed E-state index contributed by atoms with van der Waals surface area (Å²) >= 11 is 0. The van der Waals surface area contributed by atoms with Gasteiger partial charge in [0, 0.05) is 32.6 Å². The number of sulfonamides is 1.